The van der Waals surface area contributed by atoms with E-state index in [4.69, 9.17) is 18.0 Å². The highest BCUT2D eigenvalue weighted by Crippen LogP contribution is 2.18. The zero-order valence-electron chi connectivity index (χ0n) is 10.7. The van der Waals surface area contributed by atoms with Crippen molar-refractivity contribution in [1.29, 1.82) is 0 Å². The van der Waals surface area contributed by atoms with Gasteiger partial charge in [0.1, 0.15) is 4.99 Å². The van der Waals surface area contributed by atoms with Crippen molar-refractivity contribution >= 4 is 44.7 Å². The molecule has 0 spiro atoms. The molecule has 2 aromatic rings. The van der Waals surface area contributed by atoms with Crippen molar-refractivity contribution in [1.82, 2.24) is 4.98 Å². The van der Waals surface area contributed by atoms with Crippen LogP contribution in [0, 0.1) is 6.92 Å². The minimum atomic E-state index is -0.234. The predicted molar refractivity (Wildman–Crippen MR) is 87.0 cm³/mol. The molecule has 0 aliphatic carbocycles. The smallest absolute Gasteiger partial charge is 0.257 e. The Kier molecular flexibility index (Phi) is 4.46. The standard InChI is InChI=1S/C14H12BrN3OS/c1-8-2-3-9(13(16)20)5-12(8)18-14(19)10-4-11(15)7-17-6-10/h2-7H,1H3,(H2,16,20)(H,18,19). The Hall–Kier alpha value is -1.79. The predicted octanol–water partition coefficient (Wildman–Crippen LogP) is 3.04. The van der Waals surface area contributed by atoms with Gasteiger partial charge in [-0.05, 0) is 40.5 Å². The average Bonchev–Trinajstić information content (AvgIpc) is 2.41. The van der Waals surface area contributed by atoms with Gasteiger partial charge in [0.2, 0.25) is 0 Å². The van der Waals surface area contributed by atoms with Crippen LogP contribution in [0.2, 0.25) is 0 Å². The molecule has 0 atom stereocenters. The van der Waals surface area contributed by atoms with Gasteiger partial charge in [-0.3, -0.25) is 9.78 Å². The third-order valence-corrected chi connectivity index (χ3v) is 3.41. The summed E-state index contributed by atoms with van der Waals surface area (Å²) in [5, 5.41) is 2.83. The van der Waals surface area contributed by atoms with Gasteiger partial charge >= 0.3 is 0 Å². The lowest BCUT2D eigenvalue weighted by molar-refractivity contribution is 0.102. The van der Waals surface area contributed by atoms with Crippen LogP contribution < -0.4 is 11.1 Å². The summed E-state index contributed by atoms with van der Waals surface area (Å²) in [6.07, 6.45) is 3.13. The van der Waals surface area contributed by atoms with Gasteiger partial charge in [-0.1, -0.05) is 24.4 Å². The van der Waals surface area contributed by atoms with E-state index in [2.05, 4.69) is 26.2 Å². The summed E-state index contributed by atoms with van der Waals surface area (Å²) in [6, 6.07) is 7.16. The van der Waals surface area contributed by atoms with Crippen LogP contribution in [0.25, 0.3) is 0 Å². The Morgan fingerprint density at radius 1 is 1.30 bits per heavy atom. The number of thiocarbonyl (C=S) groups is 1. The van der Waals surface area contributed by atoms with E-state index in [1.54, 1.807) is 18.3 Å². The number of carbonyl (C=O) groups is 1. The number of anilines is 1. The average molecular weight is 350 g/mol. The van der Waals surface area contributed by atoms with Gasteiger partial charge in [-0.2, -0.15) is 0 Å². The summed E-state index contributed by atoms with van der Waals surface area (Å²) in [5.41, 5.74) is 8.40. The highest BCUT2D eigenvalue weighted by Gasteiger charge is 2.09. The van der Waals surface area contributed by atoms with Gasteiger partial charge in [-0.25, -0.2) is 0 Å². The molecule has 6 heteroatoms. The summed E-state index contributed by atoms with van der Waals surface area (Å²) < 4.78 is 0.749. The molecule has 0 radical (unpaired) electrons. The van der Waals surface area contributed by atoms with Gasteiger partial charge in [0.25, 0.3) is 5.91 Å². The van der Waals surface area contributed by atoms with Gasteiger partial charge in [-0.15, -0.1) is 0 Å². The lowest BCUT2D eigenvalue weighted by Gasteiger charge is -2.10. The van der Waals surface area contributed by atoms with E-state index in [1.807, 2.05) is 19.1 Å². The Bertz CT molecular complexity index is 688. The third-order valence-electron chi connectivity index (χ3n) is 2.74. The van der Waals surface area contributed by atoms with Crippen molar-refractivity contribution in [2.75, 3.05) is 5.32 Å². The molecule has 0 saturated heterocycles. The van der Waals surface area contributed by atoms with E-state index in [9.17, 15) is 4.79 Å². The van der Waals surface area contributed by atoms with Gasteiger partial charge < -0.3 is 11.1 Å². The zero-order valence-corrected chi connectivity index (χ0v) is 13.1. The summed E-state index contributed by atoms with van der Waals surface area (Å²) >= 11 is 8.22. The molecule has 3 N–H and O–H groups in total. The maximum absolute atomic E-state index is 12.2. The molecule has 1 heterocycles. The first-order valence-electron chi connectivity index (χ1n) is 5.80. The Labute approximate surface area is 130 Å². The van der Waals surface area contributed by atoms with Crippen LogP contribution in [0.3, 0.4) is 0 Å². The van der Waals surface area contributed by atoms with Crippen molar-refractivity contribution in [2.45, 2.75) is 6.92 Å². The Morgan fingerprint density at radius 3 is 2.70 bits per heavy atom. The second-order valence-electron chi connectivity index (χ2n) is 4.24. The lowest BCUT2D eigenvalue weighted by Crippen LogP contribution is -2.15. The maximum Gasteiger partial charge on any atom is 0.257 e. The van der Waals surface area contributed by atoms with Crippen LogP contribution in [0.15, 0.2) is 41.1 Å². The highest BCUT2D eigenvalue weighted by atomic mass is 79.9. The molecule has 20 heavy (non-hydrogen) atoms. The number of carbonyl (C=O) groups excluding carboxylic acids is 1. The van der Waals surface area contributed by atoms with Crippen LogP contribution in [-0.4, -0.2) is 15.9 Å². The summed E-state index contributed by atoms with van der Waals surface area (Å²) in [6.45, 7) is 1.90. The van der Waals surface area contributed by atoms with E-state index >= 15 is 0 Å². The van der Waals surface area contributed by atoms with E-state index in [0.717, 1.165) is 10.0 Å². The van der Waals surface area contributed by atoms with E-state index < -0.39 is 0 Å². The number of aryl methyl sites for hydroxylation is 1. The van der Waals surface area contributed by atoms with Crippen LogP contribution in [0.4, 0.5) is 5.69 Å². The molecule has 1 aromatic heterocycles. The topological polar surface area (TPSA) is 68.0 Å². The molecular formula is C14H12BrN3OS. The fourth-order valence-electron chi connectivity index (χ4n) is 1.64. The number of aromatic nitrogens is 1. The number of nitrogens with one attached hydrogen (secondary N) is 1. The first-order valence-corrected chi connectivity index (χ1v) is 7.00. The molecule has 0 saturated carbocycles. The molecule has 0 unspecified atom stereocenters. The number of benzene rings is 1. The summed E-state index contributed by atoms with van der Waals surface area (Å²) in [5.74, 6) is -0.234. The molecule has 0 bridgehead atoms. The molecule has 4 nitrogen and oxygen atoms in total. The Morgan fingerprint density at radius 2 is 2.05 bits per heavy atom. The fourth-order valence-corrected chi connectivity index (χ4v) is 2.13. The number of halogens is 1. The third kappa shape index (κ3) is 3.40. The van der Waals surface area contributed by atoms with E-state index in [0.29, 0.717) is 21.8 Å². The molecule has 102 valence electrons. The van der Waals surface area contributed by atoms with Gasteiger partial charge in [0, 0.05) is 28.1 Å². The quantitative estimate of drug-likeness (QED) is 0.835. The molecule has 0 fully saturated rings. The molecule has 2 rings (SSSR count). The second-order valence-corrected chi connectivity index (χ2v) is 5.60. The molecule has 1 amide bonds. The number of hydrogen-bond donors (Lipinski definition) is 2. The maximum atomic E-state index is 12.2. The molecule has 0 aliphatic rings. The lowest BCUT2D eigenvalue weighted by atomic mass is 10.1. The van der Waals surface area contributed by atoms with E-state index in [-0.39, 0.29) is 5.91 Å². The highest BCUT2D eigenvalue weighted by molar-refractivity contribution is 9.10. The monoisotopic (exact) mass is 349 g/mol. The largest absolute Gasteiger partial charge is 0.389 e. The molecular weight excluding hydrogens is 338 g/mol. The van der Waals surface area contributed by atoms with Crippen molar-refractivity contribution < 1.29 is 4.79 Å². The van der Waals surface area contributed by atoms with Crippen molar-refractivity contribution in [3.63, 3.8) is 0 Å². The first-order chi connectivity index (χ1) is 9.47. The van der Waals surface area contributed by atoms with Crippen LogP contribution >= 0.6 is 28.1 Å². The zero-order chi connectivity index (χ0) is 14.7. The first kappa shape index (κ1) is 14.6. The Balaban J connectivity index is 2.27. The van der Waals surface area contributed by atoms with Crippen molar-refractivity contribution in [3.8, 4) is 0 Å². The van der Waals surface area contributed by atoms with Crippen LogP contribution in [-0.2, 0) is 0 Å². The second kappa shape index (κ2) is 6.11. The van der Waals surface area contributed by atoms with Gasteiger partial charge in [0.15, 0.2) is 0 Å². The van der Waals surface area contributed by atoms with Crippen LogP contribution in [0.1, 0.15) is 21.5 Å². The van der Waals surface area contributed by atoms with Crippen molar-refractivity contribution in [2.24, 2.45) is 5.73 Å². The number of pyridine rings is 1. The van der Waals surface area contributed by atoms with Crippen LogP contribution in [0.5, 0.6) is 0 Å². The summed E-state index contributed by atoms with van der Waals surface area (Å²) in [4.78, 5) is 16.4. The van der Waals surface area contributed by atoms with Crippen molar-refractivity contribution in [3.05, 3.63) is 57.8 Å². The van der Waals surface area contributed by atoms with E-state index in [1.165, 1.54) is 6.20 Å². The number of rotatable bonds is 3. The minimum Gasteiger partial charge on any atom is -0.389 e. The fraction of sp³-hybridized carbons (Fsp3) is 0.0714. The molecule has 1 aromatic carbocycles. The summed E-state index contributed by atoms with van der Waals surface area (Å²) in [7, 11) is 0. The normalized spacial score (nSPS) is 10.1. The SMILES string of the molecule is Cc1ccc(C(N)=S)cc1NC(=O)c1cncc(Br)c1. The van der Waals surface area contributed by atoms with Gasteiger partial charge in [0.05, 0.1) is 5.56 Å². The number of nitrogens with two attached hydrogens (primary N) is 1. The number of hydrogen-bond acceptors (Lipinski definition) is 3. The number of amides is 1. The molecule has 0 aliphatic heterocycles. The minimum absolute atomic E-state index is 0.234. The number of nitrogens with zero attached hydrogens (tertiary/aromatic N) is 1.